The van der Waals surface area contributed by atoms with E-state index in [0.717, 1.165) is 6.07 Å². The van der Waals surface area contributed by atoms with Crippen LogP contribution in [-0.4, -0.2) is 15.5 Å². The number of nitrogens with one attached hydrogen (secondary N) is 1. The number of hydrogen-bond donors (Lipinski definition) is 2. The molecule has 0 aliphatic heterocycles. The van der Waals surface area contributed by atoms with Gasteiger partial charge in [0.15, 0.2) is 0 Å². The molecular formula is C13H12BrFN2O3S. The molecule has 8 heteroatoms. The van der Waals surface area contributed by atoms with Crippen LogP contribution in [0.1, 0.15) is 0 Å². The van der Waals surface area contributed by atoms with Gasteiger partial charge in [-0.3, -0.25) is 0 Å². The van der Waals surface area contributed by atoms with Crippen molar-refractivity contribution in [3.05, 3.63) is 46.7 Å². The predicted octanol–water partition coefficient (Wildman–Crippen LogP) is 2.87. The molecule has 5 nitrogen and oxygen atoms in total. The van der Waals surface area contributed by atoms with Gasteiger partial charge in [-0.2, -0.15) is 0 Å². The van der Waals surface area contributed by atoms with Crippen LogP contribution in [0, 0.1) is 5.82 Å². The Morgan fingerprint density at radius 2 is 1.90 bits per heavy atom. The van der Waals surface area contributed by atoms with Crippen molar-refractivity contribution in [3.8, 4) is 11.5 Å². The number of halogens is 2. The molecule has 0 radical (unpaired) electrons. The fourth-order valence-electron chi connectivity index (χ4n) is 1.60. The lowest BCUT2D eigenvalue weighted by atomic mass is 10.3. The van der Waals surface area contributed by atoms with Crippen LogP contribution in [0.25, 0.3) is 0 Å². The monoisotopic (exact) mass is 374 g/mol. The van der Waals surface area contributed by atoms with E-state index in [1.54, 1.807) is 0 Å². The number of benzene rings is 2. The van der Waals surface area contributed by atoms with Crippen LogP contribution in [0.15, 0.2) is 45.8 Å². The zero-order chi connectivity index (χ0) is 15.6. The first kappa shape index (κ1) is 15.7. The molecule has 0 atom stereocenters. The predicted molar refractivity (Wildman–Crippen MR) is 81.3 cm³/mol. The quantitative estimate of drug-likeness (QED) is 0.806. The summed E-state index contributed by atoms with van der Waals surface area (Å²) in [6.45, 7) is 0. The zero-order valence-electron chi connectivity index (χ0n) is 10.9. The van der Waals surface area contributed by atoms with Crippen LogP contribution in [0.2, 0.25) is 0 Å². The van der Waals surface area contributed by atoms with Gasteiger partial charge in [-0.25, -0.2) is 17.5 Å². The molecule has 0 saturated carbocycles. The maximum Gasteiger partial charge on any atom is 0.244 e. The minimum absolute atomic E-state index is 0.0462. The van der Waals surface area contributed by atoms with Crippen LogP contribution >= 0.6 is 15.9 Å². The first-order valence-electron chi connectivity index (χ1n) is 5.79. The van der Waals surface area contributed by atoms with Crippen LogP contribution in [0.5, 0.6) is 11.5 Å². The van der Waals surface area contributed by atoms with Crippen molar-refractivity contribution < 1.29 is 17.5 Å². The number of nitrogens with two attached hydrogens (primary N) is 1. The van der Waals surface area contributed by atoms with Crippen LogP contribution in [0.4, 0.5) is 10.1 Å². The van der Waals surface area contributed by atoms with Gasteiger partial charge in [-0.05, 0) is 53.3 Å². The number of ether oxygens (including phenoxy) is 1. The van der Waals surface area contributed by atoms with Crippen molar-refractivity contribution in [1.29, 1.82) is 0 Å². The van der Waals surface area contributed by atoms with Gasteiger partial charge in [0, 0.05) is 11.8 Å². The molecule has 0 unspecified atom stereocenters. The maximum atomic E-state index is 13.3. The summed E-state index contributed by atoms with van der Waals surface area (Å²) in [5.41, 5.74) is 5.88. The molecule has 0 amide bonds. The van der Waals surface area contributed by atoms with Gasteiger partial charge >= 0.3 is 0 Å². The molecule has 2 rings (SSSR count). The van der Waals surface area contributed by atoms with Gasteiger partial charge < -0.3 is 10.5 Å². The molecule has 2 aromatic rings. The van der Waals surface area contributed by atoms with E-state index >= 15 is 0 Å². The second-order valence-electron chi connectivity index (χ2n) is 4.09. The molecule has 21 heavy (non-hydrogen) atoms. The number of sulfonamides is 1. The highest BCUT2D eigenvalue weighted by molar-refractivity contribution is 9.10. The number of nitrogen functional groups attached to an aromatic ring is 1. The second-order valence-corrected chi connectivity index (χ2v) is 6.80. The Bertz CT molecular complexity index is 781. The molecule has 0 saturated heterocycles. The van der Waals surface area contributed by atoms with Gasteiger partial charge in [-0.15, -0.1) is 0 Å². The van der Waals surface area contributed by atoms with Crippen molar-refractivity contribution >= 4 is 31.6 Å². The van der Waals surface area contributed by atoms with Crippen molar-refractivity contribution in [2.24, 2.45) is 0 Å². The summed E-state index contributed by atoms with van der Waals surface area (Å²) in [5, 5.41) is 0. The van der Waals surface area contributed by atoms with E-state index in [9.17, 15) is 12.8 Å². The maximum absolute atomic E-state index is 13.3. The third-order valence-electron chi connectivity index (χ3n) is 2.64. The van der Waals surface area contributed by atoms with E-state index < -0.39 is 15.8 Å². The average Bonchev–Trinajstić information content (AvgIpc) is 2.44. The van der Waals surface area contributed by atoms with E-state index in [4.69, 9.17) is 10.5 Å². The van der Waals surface area contributed by atoms with Crippen molar-refractivity contribution in [2.45, 2.75) is 4.90 Å². The molecule has 0 spiro atoms. The molecule has 0 aliphatic rings. The lowest BCUT2D eigenvalue weighted by Crippen LogP contribution is -2.19. The number of rotatable bonds is 4. The van der Waals surface area contributed by atoms with Gasteiger partial charge in [-0.1, -0.05) is 0 Å². The molecule has 0 bridgehead atoms. The number of hydrogen-bond acceptors (Lipinski definition) is 4. The highest BCUT2D eigenvalue weighted by Gasteiger charge is 2.19. The largest absolute Gasteiger partial charge is 0.455 e. The third kappa shape index (κ3) is 3.52. The van der Waals surface area contributed by atoms with Crippen LogP contribution in [-0.2, 0) is 10.0 Å². The lowest BCUT2D eigenvalue weighted by Gasteiger charge is -2.13. The van der Waals surface area contributed by atoms with E-state index in [2.05, 4.69) is 20.7 Å². The topological polar surface area (TPSA) is 81.4 Å². The summed E-state index contributed by atoms with van der Waals surface area (Å²) in [4.78, 5) is -0.124. The molecule has 0 aliphatic carbocycles. The van der Waals surface area contributed by atoms with Gasteiger partial charge in [0.2, 0.25) is 10.0 Å². The molecule has 0 aromatic heterocycles. The second kappa shape index (κ2) is 6.00. The first-order valence-corrected chi connectivity index (χ1v) is 8.07. The smallest absolute Gasteiger partial charge is 0.244 e. The average molecular weight is 375 g/mol. The third-order valence-corrected chi connectivity index (χ3v) is 4.73. The fourth-order valence-corrected chi connectivity index (χ4v) is 2.82. The minimum Gasteiger partial charge on any atom is -0.455 e. The van der Waals surface area contributed by atoms with Gasteiger partial charge in [0.1, 0.15) is 22.2 Å². The fraction of sp³-hybridized carbons (Fsp3) is 0.0769. The summed E-state index contributed by atoms with van der Waals surface area (Å²) in [7, 11) is -2.48. The highest BCUT2D eigenvalue weighted by Crippen LogP contribution is 2.34. The molecule has 2 aromatic carbocycles. The van der Waals surface area contributed by atoms with E-state index in [0.29, 0.717) is 4.47 Å². The van der Waals surface area contributed by atoms with Gasteiger partial charge in [0.05, 0.1) is 4.47 Å². The summed E-state index contributed by atoms with van der Waals surface area (Å²) in [5.74, 6) is -0.293. The van der Waals surface area contributed by atoms with Crippen LogP contribution < -0.4 is 15.2 Å². The SMILES string of the molecule is CNS(=O)(=O)c1cc(N)ccc1Oc1cc(F)ccc1Br. The molecule has 0 heterocycles. The van der Waals surface area contributed by atoms with E-state index in [1.807, 2.05) is 0 Å². The van der Waals surface area contributed by atoms with Gasteiger partial charge in [0.25, 0.3) is 0 Å². The molecule has 0 fully saturated rings. The highest BCUT2D eigenvalue weighted by atomic mass is 79.9. The molecule has 3 N–H and O–H groups in total. The standard InChI is InChI=1S/C13H12BrFN2O3S/c1-17-21(18,19)13-7-9(16)3-5-11(13)20-12-6-8(15)2-4-10(12)14/h2-7,17H,16H2,1H3. The van der Waals surface area contributed by atoms with Crippen LogP contribution in [0.3, 0.4) is 0 Å². The summed E-state index contributed by atoms with van der Waals surface area (Å²) in [6.07, 6.45) is 0. The Labute approximate surface area is 130 Å². The molecular weight excluding hydrogens is 363 g/mol. The van der Waals surface area contributed by atoms with Crippen molar-refractivity contribution in [1.82, 2.24) is 4.72 Å². The zero-order valence-corrected chi connectivity index (χ0v) is 13.3. The number of anilines is 1. The summed E-state index contributed by atoms with van der Waals surface area (Å²) >= 11 is 3.21. The Morgan fingerprint density at radius 3 is 2.57 bits per heavy atom. The Hall–Kier alpha value is -1.64. The normalized spacial score (nSPS) is 11.4. The van der Waals surface area contributed by atoms with E-state index in [1.165, 1.54) is 37.4 Å². The Morgan fingerprint density at radius 1 is 1.19 bits per heavy atom. The Balaban J connectivity index is 2.52. The summed E-state index contributed by atoms with van der Waals surface area (Å²) < 4.78 is 45.4. The minimum atomic E-state index is -3.76. The first-order chi connectivity index (χ1) is 9.83. The van der Waals surface area contributed by atoms with Crippen molar-refractivity contribution in [2.75, 3.05) is 12.8 Å². The van der Waals surface area contributed by atoms with E-state index in [-0.39, 0.29) is 22.1 Å². The Kier molecular flexibility index (Phi) is 4.50. The summed E-state index contributed by atoms with van der Waals surface area (Å²) in [6, 6.07) is 8.05. The van der Waals surface area contributed by atoms with Crippen molar-refractivity contribution in [3.63, 3.8) is 0 Å². The lowest BCUT2D eigenvalue weighted by molar-refractivity contribution is 0.459. The molecule has 112 valence electrons.